The smallest absolute Gasteiger partial charge is 0.241 e. The number of aromatic nitrogens is 2. The zero-order valence-corrected chi connectivity index (χ0v) is 11.6. The van der Waals surface area contributed by atoms with Crippen LogP contribution in [0.25, 0.3) is 11.4 Å². The second-order valence-electron chi connectivity index (χ2n) is 5.45. The lowest BCUT2D eigenvalue weighted by molar-refractivity contribution is 0.211. The third kappa shape index (κ3) is 2.89. The van der Waals surface area contributed by atoms with Gasteiger partial charge in [-0.3, -0.25) is 4.90 Å². The van der Waals surface area contributed by atoms with Gasteiger partial charge in [0.15, 0.2) is 0 Å². The van der Waals surface area contributed by atoms with Crippen LogP contribution in [0, 0.1) is 12.8 Å². The van der Waals surface area contributed by atoms with Gasteiger partial charge in [-0.05, 0) is 25.8 Å². The fraction of sp³-hybridized carbons (Fsp3) is 0.467. The number of rotatable bonds is 4. The molecule has 1 aliphatic rings. The third-order valence-electron chi connectivity index (χ3n) is 3.76. The summed E-state index contributed by atoms with van der Waals surface area (Å²) in [5, 5.41) is 13.2. The first-order chi connectivity index (χ1) is 9.74. The molecule has 1 aliphatic heterocycles. The lowest BCUT2D eigenvalue weighted by Gasteiger charge is -2.11. The zero-order valence-electron chi connectivity index (χ0n) is 11.6. The van der Waals surface area contributed by atoms with Gasteiger partial charge < -0.3 is 9.63 Å². The molecule has 5 nitrogen and oxygen atoms in total. The van der Waals surface area contributed by atoms with Gasteiger partial charge in [0, 0.05) is 18.7 Å². The fourth-order valence-corrected chi connectivity index (χ4v) is 2.54. The maximum absolute atomic E-state index is 9.15. The zero-order chi connectivity index (χ0) is 13.9. The van der Waals surface area contributed by atoms with E-state index in [1.54, 1.807) is 0 Å². The topological polar surface area (TPSA) is 62.4 Å². The fourth-order valence-electron chi connectivity index (χ4n) is 2.54. The van der Waals surface area contributed by atoms with E-state index in [-0.39, 0.29) is 6.61 Å². The van der Waals surface area contributed by atoms with E-state index in [1.165, 1.54) is 5.56 Å². The van der Waals surface area contributed by atoms with Crippen molar-refractivity contribution in [1.82, 2.24) is 15.0 Å². The van der Waals surface area contributed by atoms with Crippen molar-refractivity contribution in [3.8, 4) is 11.4 Å². The maximum Gasteiger partial charge on any atom is 0.241 e. The molecule has 1 unspecified atom stereocenters. The normalized spacial score (nSPS) is 19.6. The first-order valence-electron chi connectivity index (χ1n) is 6.97. The minimum absolute atomic E-state index is 0.259. The highest BCUT2D eigenvalue weighted by Gasteiger charge is 2.23. The number of hydrogen-bond donors (Lipinski definition) is 1. The predicted molar refractivity (Wildman–Crippen MR) is 74.9 cm³/mol. The maximum atomic E-state index is 9.15. The van der Waals surface area contributed by atoms with Crippen molar-refractivity contribution in [3.05, 3.63) is 35.7 Å². The van der Waals surface area contributed by atoms with Crippen LogP contribution in [0.2, 0.25) is 0 Å². The van der Waals surface area contributed by atoms with Crippen LogP contribution in [-0.4, -0.2) is 39.8 Å². The Labute approximate surface area is 118 Å². The highest BCUT2D eigenvalue weighted by molar-refractivity contribution is 5.54. The minimum atomic E-state index is 0.259. The number of likely N-dealkylation sites (tertiary alicyclic amines) is 1. The van der Waals surface area contributed by atoms with E-state index in [1.807, 2.05) is 24.3 Å². The number of aryl methyl sites for hydroxylation is 1. The van der Waals surface area contributed by atoms with Crippen molar-refractivity contribution in [2.24, 2.45) is 5.92 Å². The Morgan fingerprint density at radius 1 is 1.35 bits per heavy atom. The summed E-state index contributed by atoms with van der Waals surface area (Å²) in [6.45, 7) is 4.85. The predicted octanol–water partition coefficient (Wildman–Crippen LogP) is 1.86. The molecule has 0 spiro atoms. The molecule has 0 radical (unpaired) electrons. The molecule has 1 N–H and O–H groups in total. The first-order valence-corrected chi connectivity index (χ1v) is 6.97. The third-order valence-corrected chi connectivity index (χ3v) is 3.76. The monoisotopic (exact) mass is 273 g/mol. The molecule has 5 heteroatoms. The van der Waals surface area contributed by atoms with E-state index in [9.17, 15) is 0 Å². The summed E-state index contributed by atoms with van der Waals surface area (Å²) in [6.07, 6.45) is 1.04. The van der Waals surface area contributed by atoms with Crippen LogP contribution < -0.4 is 0 Å². The number of aliphatic hydroxyl groups is 1. The summed E-state index contributed by atoms with van der Waals surface area (Å²) in [7, 11) is 0. The molecular weight excluding hydrogens is 254 g/mol. The van der Waals surface area contributed by atoms with E-state index in [2.05, 4.69) is 22.0 Å². The van der Waals surface area contributed by atoms with E-state index in [0.717, 1.165) is 25.1 Å². The molecule has 0 amide bonds. The van der Waals surface area contributed by atoms with Crippen molar-refractivity contribution in [2.75, 3.05) is 19.7 Å². The lowest BCUT2D eigenvalue weighted by atomic mass is 10.1. The van der Waals surface area contributed by atoms with Gasteiger partial charge >= 0.3 is 0 Å². The Morgan fingerprint density at radius 2 is 2.15 bits per heavy atom. The van der Waals surface area contributed by atoms with Gasteiger partial charge in [-0.1, -0.05) is 35.0 Å². The molecule has 20 heavy (non-hydrogen) atoms. The minimum Gasteiger partial charge on any atom is -0.396 e. The highest BCUT2D eigenvalue weighted by Crippen LogP contribution is 2.20. The Morgan fingerprint density at radius 3 is 2.85 bits per heavy atom. The summed E-state index contributed by atoms with van der Waals surface area (Å²) in [4.78, 5) is 6.69. The highest BCUT2D eigenvalue weighted by atomic mass is 16.5. The second-order valence-corrected chi connectivity index (χ2v) is 5.45. The van der Waals surface area contributed by atoms with Crippen LogP contribution in [0.3, 0.4) is 0 Å². The molecule has 1 aromatic carbocycles. The second kappa shape index (κ2) is 5.73. The molecule has 2 aromatic rings. The number of hydrogen-bond acceptors (Lipinski definition) is 5. The van der Waals surface area contributed by atoms with Gasteiger partial charge in [0.2, 0.25) is 11.7 Å². The quantitative estimate of drug-likeness (QED) is 0.921. The number of nitrogens with zero attached hydrogens (tertiary/aromatic N) is 3. The van der Waals surface area contributed by atoms with E-state index < -0.39 is 0 Å². The molecule has 1 saturated heterocycles. The van der Waals surface area contributed by atoms with Crippen LogP contribution in [0.15, 0.2) is 28.8 Å². The Hall–Kier alpha value is -1.72. The molecule has 0 saturated carbocycles. The van der Waals surface area contributed by atoms with E-state index >= 15 is 0 Å². The molecule has 1 atom stereocenters. The van der Waals surface area contributed by atoms with Crippen molar-refractivity contribution in [1.29, 1.82) is 0 Å². The Bertz CT molecular complexity index is 565. The van der Waals surface area contributed by atoms with Gasteiger partial charge in [0.05, 0.1) is 6.54 Å². The van der Waals surface area contributed by atoms with Crippen molar-refractivity contribution < 1.29 is 9.63 Å². The van der Waals surface area contributed by atoms with Gasteiger partial charge in [-0.15, -0.1) is 0 Å². The largest absolute Gasteiger partial charge is 0.396 e. The molecule has 0 bridgehead atoms. The van der Waals surface area contributed by atoms with Crippen LogP contribution in [-0.2, 0) is 6.54 Å². The standard InChI is InChI=1S/C15H19N3O2/c1-11-2-4-13(5-3-11)15-16-14(20-17-15)9-18-7-6-12(8-18)10-19/h2-5,12,19H,6-10H2,1H3. The summed E-state index contributed by atoms with van der Waals surface area (Å²) in [6, 6.07) is 8.08. The van der Waals surface area contributed by atoms with Gasteiger partial charge in [-0.25, -0.2) is 0 Å². The molecule has 3 rings (SSSR count). The van der Waals surface area contributed by atoms with E-state index in [0.29, 0.717) is 24.2 Å². The molecule has 1 fully saturated rings. The molecule has 106 valence electrons. The van der Waals surface area contributed by atoms with Crippen LogP contribution in [0.1, 0.15) is 17.9 Å². The van der Waals surface area contributed by atoms with Crippen molar-refractivity contribution >= 4 is 0 Å². The van der Waals surface area contributed by atoms with Crippen LogP contribution in [0.4, 0.5) is 0 Å². The Balaban J connectivity index is 1.66. The van der Waals surface area contributed by atoms with Crippen molar-refractivity contribution in [3.63, 3.8) is 0 Å². The summed E-state index contributed by atoms with van der Waals surface area (Å²) in [5.41, 5.74) is 2.19. The molecular formula is C15H19N3O2. The first kappa shape index (κ1) is 13.3. The summed E-state index contributed by atoms with van der Waals surface area (Å²) < 4.78 is 5.31. The van der Waals surface area contributed by atoms with Gasteiger partial charge in [0.25, 0.3) is 0 Å². The molecule has 0 aliphatic carbocycles. The Kier molecular flexibility index (Phi) is 3.80. The lowest BCUT2D eigenvalue weighted by Crippen LogP contribution is -2.21. The summed E-state index contributed by atoms with van der Waals surface area (Å²) >= 11 is 0. The van der Waals surface area contributed by atoms with Crippen LogP contribution in [0.5, 0.6) is 0 Å². The van der Waals surface area contributed by atoms with Crippen LogP contribution >= 0.6 is 0 Å². The summed E-state index contributed by atoms with van der Waals surface area (Å²) in [5.74, 6) is 1.66. The average Bonchev–Trinajstić information content (AvgIpc) is 3.09. The van der Waals surface area contributed by atoms with Crippen molar-refractivity contribution in [2.45, 2.75) is 19.9 Å². The molecule has 2 heterocycles. The number of benzene rings is 1. The van der Waals surface area contributed by atoms with Gasteiger partial charge in [-0.2, -0.15) is 4.98 Å². The van der Waals surface area contributed by atoms with Gasteiger partial charge in [0.1, 0.15) is 0 Å². The van der Waals surface area contributed by atoms with E-state index in [4.69, 9.17) is 9.63 Å². The average molecular weight is 273 g/mol. The number of aliphatic hydroxyl groups excluding tert-OH is 1. The SMILES string of the molecule is Cc1ccc(-c2noc(CN3CCC(CO)C3)n2)cc1. The molecule has 1 aromatic heterocycles.